The number of hydrogen-bond donors (Lipinski definition) is 1. The Hall–Kier alpha value is -1.69. The molecule has 2 rings (SSSR count). The number of nitrogens with one attached hydrogen (secondary N) is 1. The lowest BCUT2D eigenvalue weighted by molar-refractivity contribution is -0.129. The van der Waals surface area contributed by atoms with Gasteiger partial charge in [-0.25, -0.2) is 9.97 Å². The monoisotopic (exact) mass is 320 g/mol. The van der Waals surface area contributed by atoms with Crippen LogP contribution in [0, 0.1) is 13.8 Å². The summed E-state index contributed by atoms with van der Waals surface area (Å²) in [5.41, 5.74) is 1.19. The van der Waals surface area contributed by atoms with Crippen molar-refractivity contribution in [3.8, 4) is 0 Å². The smallest absolute Gasteiger partial charge is 0.241 e. The van der Waals surface area contributed by atoms with Gasteiger partial charge in [-0.2, -0.15) is 0 Å². The van der Waals surface area contributed by atoms with Crippen molar-refractivity contribution >= 4 is 33.3 Å². The lowest BCUT2D eigenvalue weighted by Crippen LogP contribution is -2.36. The van der Waals surface area contributed by atoms with Crippen molar-refractivity contribution < 1.29 is 4.79 Å². The molecule has 6 heteroatoms. The van der Waals surface area contributed by atoms with Crippen molar-refractivity contribution in [1.29, 1.82) is 0 Å². The van der Waals surface area contributed by atoms with Gasteiger partial charge >= 0.3 is 0 Å². The maximum absolute atomic E-state index is 12.3. The number of likely N-dealkylation sites (N-methyl/N-ethyl adjacent to an activating group) is 1. The summed E-state index contributed by atoms with van der Waals surface area (Å²) in [6, 6.07) is 0. The third-order valence-electron chi connectivity index (χ3n) is 3.89. The van der Waals surface area contributed by atoms with Crippen LogP contribution < -0.4 is 5.32 Å². The van der Waals surface area contributed by atoms with Gasteiger partial charge in [0.25, 0.3) is 0 Å². The van der Waals surface area contributed by atoms with Crippen LogP contribution in [0.1, 0.15) is 37.1 Å². The quantitative estimate of drug-likeness (QED) is 0.850. The van der Waals surface area contributed by atoms with E-state index in [-0.39, 0.29) is 12.5 Å². The summed E-state index contributed by atoms with van der Waals surface area (Å²) in [6.45, 7) is 10.2. The molecule has 0 aliphatic rings. The number of aromatic nitrogens is 2. The molecule has 2 aromatic rings. The van der Waals surface area contributed by atoms with E-state index in [1.54, 1.807) is 17.7 Å². The van der Waals surface area contributed by atoms with Gasteiger partial charge in [-0.05, 0) is 32.8 Å². The molecule has 0 spiro atoms. The fraction of sp³-hybridized carbons (Fsp3) is 0.562. The Bertz CT molecular complexity index is 653. The predicted molar refractivity (Wildman–Crippen MR) is 92.5 cm³/mol. The molecular weight excluding hydrogens is 296 g/mol. The highest BCUT2D eigenvalue weighted by molar-refractivity contribution is 7.18. The minimum Gasteiger partial charge on any atom is -0.360 e. The number of rotatable bonds is 7. The zero-order valence-electron chi connectivity index (χ0n) is 13.8. The fourth-order valence-corrected chi connectivity index (χ4v) is 3.39. The molecular formula is C16H24N4OS. The summed E-state index contributed by atoms with van der Waals surface area (Å²) in [4.78, 5) is 25.0. The van der Waals surface area contributed by atoms with Crippen LogP contribution in [-0.2, 0) is 4.79 Å². The molecule has 22 heavy (non-hydrogen) atoms. The maximum atomic E-state index is 12.3. The maximum Gasteiger partial charge on any atom is 0.241 e. The molecule has 1 N–H and O–H groups in total. The Balaban J connectivity index is 2.10. The largest absolute Gasteiger partial charge is 0.360 e. The number of nitrogens with zero attached hydrogens (tertiary/aromatic N) is 3. The molecule has 0 aliphatic carbocycles. The van der Waals surface area contributed by atoms with Crippen molar-refractivity contribution in [2.45, 2.75) is 40.5 Å². The first-order valence-electron chi connectivity index (χ1n) is 7.80. The summed E-state index contributed by atoms with van der Waals surface area (Å²) in [5, 5.41) is 4.23. The molecule has 0 fully saturated rings. The Morgan fingerprint density at radius 2 is 2.09 bits per heavy atom. The van der Waals surface area contributed by atoms with E-state index in [1.807, 2.05) is 11.8 Å². The van der Waals surface area contributed by atoms with Crippen molar-refractivity contribution in [2.75, 3.05) is 25.0 Å². The molecule has 2 heterocycles. The van der Waals surface area contributed by atoms with Gasteiger partial charge in [0.05, 0.1) is 11.9 Å². The molecule has 2 aromatic heterocycles. The first-order valence-corrected chi connectivity index (χ1v) is 8.62. The standard InChI is InChI=1S/C16H24N4OS/c1-5-7-8-20(6-2)13(21)9-17-15-14-11(3)12(4)22-16(14)19-10-18-15/h10H,5-9H2,1-4H3,(H,17,18,19). The third kappa shape index (κ3) is 3.55. The van der Waals surface area contributed by atoms with E-state index in [2.05, 4.69) is 36.1 Å². The summed E-state index contributed by atoms with van der Waals surface area (Å²) in [7, 11) is 0. The lowest BCUT2D eigenvalue weighted by atomic mass is 10.2. The first kappa shape index (κ1) is 16.7. The third-order valence-corrected chi connectivity index (χ3v) is 5.00. The van der Waals surface area contributed by atoms with Gasteiger partial charge in [0.1, 0.15) is 17.0 Å². The number of aryl methyl sites for hydroxylation is 2. The Kier molecular flexibility index (Phi) is 5.71. The lowest BCUT2D eigenvalue weighted by Gasteiger charge is -2.21. The van der Waals surface area contributed by atoms with Crippen molar-refractivity contribution in [3.05, 3.63) is 16.8 Å². The number of amides is 1. The molecule has 0 saturated heterocycles. The van der Waals surface area contributed by atoms with Gasteiger partial charge in [-0.1, -0.05) is 13.3 Å². The minimum absolute atomic E-state index is 0.118. The molecule has 0 atom stereocenters. The van der Waals surface area contributed by atoms with E-state index < -0.39 is 0 Å². The number of carbonyl (C=O) groups is 1. The second-order valence-electron chi connectivity index (χ2n) is 5.37. The van der Waals surface area contributed by atoms with E-state index in [4.69, 9.17) is 0 Å². The van der Waals surface area contributed by atoms with Gasteiger partial charge in [0.15, 0.2) is 0 Å². The summed E-state index contributed by atoms with van der Waals surface area (Å²) < 4.78 is 0. The van der Waals surface area contributed by atoms with Crippen molar-refractivity contribution in [1.82, 2.24) is 14.9 Å². The number of fused-ring (bicyclic) bond motifs is 1. The van der Waals surface area contributed by atoms with E-state index in [9.17, 15) is 4.79 Å². The van der Waals surface area contributed by atoms with E-state index in [0.29, 0.717) is 0 Å². The molecule has 0 aliphatic heterocycles. The van der Waals surface area contributed by atoms with Crippen LogP contribution in [0.2, 0.25) is 0 Å². The second kappa shape index (κ2) is 7.54. The molecule has 120 valence electrons. The molecule has 1 amide bonds. The predicted octanol–water partition coefficient (Wildman–Crippen LogP) is 3.37. The average molecular weight is 320 g/mol. The highest BCUT2D eigenvalue weighted by Gasteiger charge is 2.14. The van der Waals surface area contributed by atoms with Crippen LogP contribution in [0.3, 0.4) is 0 Å². The molecule has 0 unspecified atom stereocenters. The zero-order chi connectivity index (χ0) is 16.1. The molecule has 0 radical (unpaired) electrons. The Morgan fingerprint density at radius 3 is 2.77 bits per heavy atom. The van der Waals surface area contributed by atoms with Crippen LogP contribution in [0.5, 0.6) is 0 Å². The van der Waals surface area contributed by atoms with Gasteiger partial charge in [-0.15, -0.1) is 11.3 Å². The fourth-order valence-electron chi connectivity index (χ4n) is 2.40. The summed E-state index contributed by atoms with van der Waals surface area (Å²) >= 11 is 1.66. The first-order chi connectivity index (χ1) is 10.6. The van der Waals surface area contributed by atoms with Gasteiger partial charge in [0, 0.05) is 18.0 Å². The average Bonchev–Trinajstić information content (AvgIpc) is 2.81. The van der Waals surface area contributed by atoms with E-state index in [1.165, 1.54) is 10.4 Å². The van der Waals surface area contributed by atoms with Crippen LogP contribution in [0.15, 0.2) is 6.33 Å². The zero-order valence-corrected chi connectivity index (χ0v) is 14.6. The van der Waals surface area contributed by atoms with Crippen LogP contribution in [0.25, 0.3) is 10.2 Å². The van der Waals surface area contributed by atoms with Gasteiger partial charge in [0.2, 0.25) is 5.91 Å². The second-order valence-corrected chi connectivity index (χ2v) is 6.57. The van der Waals surface area contributed by atoms with Crippen LogP contribution >= 0.6 is 11.3 Å². The highest BCUT2D eigenvalue weighted by atomic mass is 32.1. The van der Waals surface area contributed by atoms with E-state index >= 15 is 0 Å². The number of anilines is 1. The highest BCUT2D eigenvalue weighted by Crippen LogP contribution is 2.32. The van der Waals surface area contributed by atoms with Crippen LogP contribution in [0.4, 0.5) is 5.82 Å². The normalized spacial score (nSPS) is 10.9. The van der Waals surface area contributed by atoms with Crippen molar-refractivity contribution in [3.63, 3.8) is 0 Å². The topological polar surface area (TPSA) is 58.1 Å². The number of unbranched alkanes of at least 4 members (excludes halogenated alkanes) is 1. The molecule has 0 bridgehead atoms. The number of thiophene rings is 1. The molecule has 5 nitrogen and oxygen atoms in total. The minimum atomic E-state index is 0.118. The Morgan fingerprint density at radius 1 is 1.32 bits per heavy atom. The summed E-state index contributed by atoms with van der Waals surface area (Å²) in [6.07, 6.45) is 3.69. The number of carbonyl (C=O) groups excluding carboxylic acids is 1. The Labute approximate surface area is 135 Å². The molecule has 0 aromatic carbocycles. The SMILES string of the molecule is CCCCN(CC)C(=O)CNc1ncnc2sc(C)c(C)c12. The summed E-state index contributed by atoms with van der Waals surface area (Å²) in [5.74, 6) is 0.874. The van der Waals surface area contributed by atoms with Gasteiger partial charge < -0.3 is 10.2 Å². The van der Waals surface area contributed by atoms with Crippen LogP contribution in [-0.4, -0.2) is 40.4 Å². The van der Waals surface area contributed by atoms with Crippen molar-refractivity contribution in [2.24, 2.45) is 0 Å². The van der Waals surface area contributed by atoms with E-state index in [0.717, 1.165) is 42.0 Å². The van der Waals surface area contributed by atoms with Gasteiger partial charge in [-0.3, -0.25) is 4.79 Å². The number of hydrogen-bond acceptors (Lipinski definition) is 5. The molecule has 0 saturated carbocycles.